The third-order valence-electron chi connectivity index (χ3n) is 3.40. The fraction of sp³-hybridized carbons (Fsp3) is 0.556. The zero-order valence-electron chi connectivity index (χ0n) is 14.3. The lowest BCUT2D eigenvalue weighted by Gasteiger charge is -2.09. The molecule has 2 N–H and O–H groups in total. The second-order valence-corrected chi connectivity index (χ2v) is 5.55. The van der Waals surface area contributed by atoms with Crippen LogP contribution < -0.4 is 14.8 Å². The minimum absolute atomic E-state index is 0.217. The lowest BCUT2D eigenvalue weighted by molar-refractivity contribution is -0.138. The van der Waals surface area contributed by atoms with Crippen LogP contribution in [0.25, 0.3) is 0 Å². The van der Waals surface area contributed by atoms with Crippen LogP contribution in [0.4, 0.5) is 0 Å². The minimum Gasteiger partial charge on any atom is -0.494 e. The quantitative estimate of drug-likeness (QED) is 0.541. The molecule has 1 aromatic carbocycles. The third-order valence-corrected chi connectivity index (χ3v) is 3.40. The van der Waals surface area contributed by atoms with Gasteiger partial charge >= 0.3 is 5.97 Å². The van der Waals surface area contributed by atoms with Gasteiger partial charge in [-0.2, -0.15) is 0 Å². The number of benzene rings is 1. The molecule has 0 aromatic heterocycles. The molecule has 0 aliphatic rings. The van der Waals surface area contributed by atoms with Gasteiger partial charge in [0.15, 0.2) is 6.61 Å². The van der Waals surface area contributed by atoms with E-state index in [0.29, 0.717) is 12.4 Å². The lowest BCUT2D eigenvalue weighted by Crippen LogP contribution is -2.33. The Labute approximate surface area is 143 Å². The van der Waals surface area contributed by atoms with E-state index in [9.17, 15) is 9.59 Å². The van der Waals surface area contributed by atoms with E-state index in [1.165, 1.54) is 32.1 Å². The second-order valence-electron chi connectivity index (χ2n) is 5.55. The molecule has 0 saturated carbocycles. The zero-order chi connectivity index (χ0) is 17.6. The summed E-state index contributed by atoms with van der Waals surface area (Å²) >= 11 is 0. The molecule has 0 aliphatic heterocycles. The Morgan fingerprint density at radius 3 is 2.17 bits per heavy atom. The number of unbranched alkanes of at least 4 members (excludes halogenated alkanes) is 5. The summed E-state index contributed by atoms with van der Waals surface area (Å²) in [5.74, 6) is -0.255. The van der Waals surface area contributed by atoms with E-state index >= 15 is 0 Å². The highest BCUT2D eigenvalue weighted by atomic mass is 16.5. The van der Waals surface area contributed by atoms with Gasteiger partial charge in [0.2, 0.25) is 0 Å². The SMILES string of the molecule is CCCCCCCCOc1ccc(OCC(=O)NCC(=O)O)cc1. The summed E-state index contributed by atoms with van der Waals surface area (Å²) in [6, 6.07) is 7.03. The van der Waals surface area contributed by atoms with Gasteiger partial charge in [-0.1, -0.05) is 39.0 Å². The van der Waals surface area contributed by atoms with E-state index in [1.807, 2.05) is 0 Å². The number of nitrogens with one attached hydrogen (secondary N) is 1. The molecule has 6 nitrogen and oxygen atoms in total. The number of carboxylic acid groups (broad SMARTS) is 1. The summed E-state index contributed by atoms with van der Waals surface area (Å²) in [7, 11) is 0. The molecular weight excluding hydrogens is 310 g/mol. The van der Waals surface area contributed by atoms with Gasteiger partial charge in [-0.15, -0.1) is 0 Å². The monoisotopic (exact) mass is 337 g/mol. The molecule has 0 bridgehead atoms. The topological polar surface area (TPSA) is 84.9 Å². The highest BCUT2D eigenvalue weighted by Gasteiger charge is 2.05. The molecule has 24 heavy (non-hydrogen) atoms. The van der Waals surface area contributed by atoms with Crippen molar-refractivity contribution in [3.05, 3.63) is 24.3 Å². The largest absolute Gasteiger partial charge is 0.494 e. The van der Waals surface area contributed by atoms with Crippen LogP contribution in [0.1, 0.15) is 45.4 Å². The number of carbonyl (C=O) groups excluding carboxylic acids is 1. The van der Waals surface area contributed by atoms with Gasteiger partial charge < -0.3 is 19.9 Å². The third kappa shape index (κ3) is 9.71. The van der Waals surface area contributed by atoms with Crippen LogP contribution in [0, 0.1) is 0 Å². The predicted molar refractivity (Wildman–Crippen MR) is 91.5 cm³/mol. The molecule has 1 aromatic rings. The maximum absolute atomic E-state index is 11.3. The second kappa shape index (κ2) is 12.2. The standard InChI is InChI=1S/C18H27NO5/c1-2-3-4-5-6-7-12-23-15-8-10-16(11-9-15)24-14-17(20)19-13-18(21)22/h8-11H,2-7,12-14H2,1H3,(H,19,20)(H,21,22). The Hall–Kier alpha value is -2.24. The molecule has 0 heterocycles. The van der Waals surface area contributed by atoms with Crippen molar-refractivity contribution in [2.45, 2.75) is 45.4 Å². The molecule has 0 fully saturated rings. The maximum atomic E-state index is 11.3. The Balaban J connectivity index is 2.16. The summed E-state index contributed by atoms with van der Waals surface area (Å²) in [6.07, 6.45) is 7.34. The molecule has 0 aliphatic carbocycles. The average molecular weight is 337 g/mol. The molecule has 1 rings (SSSR count). The van der Waals surface area contributed by atoms with Crippen LogP contribution in [-0.4, -0.2) is 36.7 Å². The summed E-state index contributed by atoms with van der Waals surface area (Å²) in [4.78, 5) is 21.7. The predicted octanol–water partition coefficient (Wildman–Crippen LogP) is 3.01. The Morgan fingerprint density at radius 2 is 1.54 bits per heavy atom. The maximum Gasteiger partial charge on any atom is 0.322 e. The molecular formula is C18H27NO5. The minimum atomic E-state index is -1.09. The van der Waals surface area contributed by atoms with Gasteiger partial charge in [-0.05, 0) is 30.7 Å². The van der Waals surface area contributed by atoms with Crippen molar-refractivity contribution < 1.29 is 24.2 Å². The Morgan fingerprint density at radius 1 is 0.958 bits per heavy atom. The fourth-order valence-electron chi connectivity index (χ4n) is 2.08. The molecule has 0 atom stereocenters. The van der Waals surface area contributed by atoms with Crippen molar-refractivity contribution in [1.82, 2.24) is 5.32 Å². The number of carbonyl (C=O) groups is 2. The zero-order valence-corrected chi connectivity index (χ0v) is 14.3. The number of hydrogen-bond donors (Lipinski definition) is 2. The van der Waals surface area contributed by atoms with Crippen molar-refractivity contribution in [2.24, 2.45) is 0 Å². The molecule has 6 heteroatoms. The number of amides is 1. The van der Waals surface area contributed by atoms with Crippen molar-refractivity contribution in [3.63, 3.8) is 0 Å². The van der Waals surface area contributed by atoms with E-state index in [1.54, 1.807) is 24.3 Å². The number of rotatable bonds is 13. The number of ether oxygens (including phenoxy) is 2. The summed E-state index contributed by atoms with van der Waals surface area (Å²) < 4.78 is 10.9. The molecule has 134 valence electrons. The Bertz CT molecular complexity index is 487. The number of hydrogen-bond acceptors (Lipinski definition) is 4. The first-order valence-electron chi connectivity index (χ1n) is 8.46. The summed E-state index contributed by atoms with van der Waals surface area (Å²) in [5, 5.41) is 10.7. The smallest absolute Gasteiger partial charge is 0.322 e. The Kier molecular flexibility index (Phi) is 10.1. The highest BCUT2D eigenvalue weighted by Crippen LogP contribution is 2.18. The first-order chi connectivity index (χ1) is 11.6. The van der Waals surface area contributed by atoms with Crippen LogP contribution in [0.2, 0.25) is 0 Å². The summed E-state index contributed by atoms with van der Waals surface area (Å²) in [6.45, 7) is 2.28. The molecule has 0 radical (unpaired) electrons. The first-order valence-corrected chi connectivity index (χ1v) is 8.46. The van der Waals surface area contributed by atoms with Crippen LogP contribution >= 0.6 is 0 Å². The number of aliphatic carboxylic acids is 1. The van der Waals surface area contributed by atoms with E-state index in [-0.39, 0.29) is 6.61 Å². The van der Waals surface area contributed by atoms with Gasteiger partial charge in [-0.3, -0.25) is 9.59 Å². The first kappa shape index (κ1) is 19.8. The van der Waals surface area contributed by atoms with Gasteiger partial charge in [0.25, 0.3) is 5.91 Å². The van der Waals surface area contributed by atoms with E-state index in [0.717, 1.165) is 12.2 Å². The summed E-state index contributed by atoms with van der Waals surface area (Å²) in [5.41, 5.74) is 0. The van der Waals surface area contributed by atoms with E-state index in [2.05, 4.69) is 12.2 Å². The fourth-order valence-corrected chi connectivity index (χ4v) is 2.08. The van der Waals surface area contributed by atoms with Crippen LogP contribution in [0.3, 0.4) is 0 Å². The van der Waals surface area contributed by atoms with Crippen molar-refractivity contribution in [2.75, 3.05) is 19.8 Å². The molecule has 1 amide bonds. The average Bonchev–Trinajstić information content (AvgIpc) is 2.58. The van der Waals surface area contributed by atoms with Gasteiger partial charge in [0.05, 0.1) is 6.61 Å². The van der Waals surface area contributed by atoms with Crippen LogP contribution in [0.5, 0.6) is 11.5 Å². The van der Waals surface area contributed by atoms with E-state index in [4.69, 9.17) is 14.6 Å². The van der Waals surface area contributed by atoms with Gasteiger partial charge in [0.1, 0.15) is 18.0 Å². The van der Waals surface area contributed by atoms with E-state index < -0.39 is 18.4 Å². The van der Waals surface area contributed by atoms with Crippen molar-refractivity contribution >= 4 is 11.9 Å². The van der Waals surface area contributed by atoms with Gasteiger partial charge in [0, 0.05) is 0 Å². The van der Waals surface area contributed by atoms with Crippen LogP contribution in [0.15, 0.2) is 24.3 Å². The lowest BCUT2D eigenvalue weighted by atomic mass is 10.1. The normalized spacial score (nSPS) is 10.2. The van der Waals surface area contributed by atoms with Crippen molar-refractivity contribution in [1.29, 1.82) is 0 Å². The number of carboxylic acids is 1. The van der Waals surface area contributed by atoms with Crippen LogP contribution in [-0.2, 0) is 9.59 Å². The highest BCUT2D eigenvalue weighted by molar-refractivity contribution is 5.82. The molecule has 0 unspecified atom stereocenters. The van der Waals surface area contributed by atoms with Gasteiger partial charge in [-0.25, -0.2) is 0 Å². The molecule has 0 saturated heterocycles. The van der Waals surface area contributed by atoms with Crippen molar-refractivity contribution in [3.8, 4) is 11.5 Å². The molecule has 0 spiro atoms.